The van der Waals surface area contributed by atoms with Crippen molar-refractivity contribution in [2.45, 2.75) is 33.9 Å². The van der Waals surface area contributed by atoms with Crippen LogP contribution in [-0.2, 0) is 6.18 Å². The van der Waals surface area contributed by atoms with Crippen molar-refractivity contribution in [3.8, 4) is 0 Å². The average Bonchev–Trinajstić information content (AvgIpc) is 3.29. The van der Waals surface area contributed by atoms with Crippen LogP contribution in [0.3, 0.4) is 0 Å². The first kappa shape index (κ1) is 25.1. The van der Waals surface area contributed by atoms with Gasteiger partial charge in [0.2, 0.25) is 0 Å². The average molecular weight is 496 g/mol. The number of benzene rings is 2. The van der Waals surface area contributed by atoms with Gasteiger partial charge in [0.25, 0.3) is 5.91 Å². The molecular formula is C27H28F3N5O. The molecule has 0 aliphatic carbocycles. The van der Waals surface area contributed by atoms with Crippen molar-refractivity contribution in [2.75, 3.05) is 22.5 Å². The van der Waals surface area contributed by atoms with Crippen molar-refractivity contribution in [3.63, 3.8) is 0 Å². The maximum Gasteiger partial charge on any atom is 0.416 e. The van der Waals surface area contributed by atoms with Crippen LogP contribution in [0.5, 0.6) is 0 Å². The van der Waals surface area contributed by atoms with E-state index in [2.05, 4.69) is 39.8 Å². The first-order chi connectivity index (χ1) is 17.0. The van der Waals surface area contributed by atoms with Gasteiger partial charge in [0.1, 0.15) is 5.65 Å². The molecule has 0 saturated heterocycles. The van der Waals surface area contributed by atoms with Gasteiger partial charge in [0.15, 0.2) is 0 Å². The Balaban J connectivity index is 1.62. The highest BCUT2D eigenvalue weighted by Gasteiger charge is 2.32. The highest BCUT2D eigenvalue weighted by Crippen LogP contribution is 2.36. The second kappa shape index (κ2) is 9.93. The molecule has 188 valence electrons. The molecule has 0 saturated carbocycles. The van der Waals surface area contributed by atoms with Gasteiger partial charge in [-0.15, -0.1) is 0 Å². The fraction of sp³-hybridized carbons (Fsp3) is 0.259. The van der Waals surface area contributed by atoms with Crippen LogP contribution >= 0.6 is 0 Å². The molecule has 0 bridgehead atoms. The number of hydrogen-bond acceptors (Lipinski definition) is 4. The lowest BCUT2D eigenvalue weighted by atomic mass is 10.1. The molecule has 36 heavy (non-hydrogen) atoms. The number of hydrogen-bond donors (Lipinski definition) is 4. The molecule has 0 unspecified atom stereocenters. The van der Waals surface area contributed by atoms with E-state index in [4.69, 9.17) is 0 Å². The van der Waals surface area contributed by atoms with E-state index < -0.39 is 11.7 Å². The molecule has 0 aliphatic heterocycles. The number of aryl methyl sites for hydroxylation is 1. The number of carbonyl (C=O) groups excluding carboxylic acids is 1. The molecule has 0 radical (unpaired) electrons. The lowest BCUT2D eigenvalue weighted by molar-refractivity contribution is -0.138. The smallest absolute Gasteiger partial charge is 0.383 e. The third kappa shape index (κ3) is 5.30. The fourth-order valence-electron chi connectivity index (χ4n) is 3.93. The third-order valence-electron chi connectivity index (χ3n) is 5.92. The van der Waals surface area contributed by atoms with Crippen LogP contribution in [0.25, 0.3) is 11.0 Å². The number of anilines is 4. The number of aromatic nitrogens is 2. The molecule has 6 nitrogen and oxygen atoms in total. The summed E-state index contributed by atoms with van der Waals surface area (Å²) in [6.07, 6.45) is -1.14. The summed E-state index contributed by atoms with van der Waals surface area (Å²) in [4.78, 5) is 20.8. The van der Waals surface area contributed by atoms with Crippen molar-refractivity contribution in [1.82, 2.24) is 9.97 Å². The first-order valence-electron chi connectivity index (χ1n) is 11.6. The zero-order valence-electron chi connectivity index (χ0n) is 20.5. The van der Waals surface area contributed by atoms with E-state index in [1.54, 1.807) is 30.5 Å². The number of aromatic amines is 1. The van der Waals surface area contributed by atoms with Crippen molar-refractivity contribution in [3.05, 3.63) is 77.1 Å². The van der Waals surface area contributed by atoms with E-state index in [1.807, 2.05) is 13.0 Å². The number of nitrogens with one attached hydrogen (secondary N) is 4. The molecule has 4 rings (SSSR count). The number of nitrogens with zero attached hydrogens (tertiary/aromatic N) is 1. The Bertz CT molecular complexity index is 1410. The summed E-state index contributed by atoms with van der Waals surface area (Å²) in [6, 6.07) is 11.1. The third-order valence-corrected chi connectivity index (χ3v) is 5.92. The Morgan fingerprint density at radius 3 is 2.58 bits per heavy atom. The van der Waals surface area contributed by atoms with Crippen LogP contribution in [0, 0.1) is 19.8 Å². The minimum Gasteiger partial charge on any atom is -0.383 e. The normalized spacial score (nSPS) is 11.7. The van der Waals surface area contributed by atoms with E-state index in [0.717, 1.165) is 17.0 Å². The number of H-pyrrole nitrogens is 1. The van der Waals surface area contributed by atoms with Crippen molar-refractivity contribution >= 4 is 39.7 Å². The highest BCUT2D eigenvalue weighted by molar-refractivity contribution is 6.12. The van der Waals surface area contributed by atoms with Crippen molar-refractivity contribution < 1.29 is 18.0 Å². The summed E-state index contributed by atoms with van der Waals surface area (Å²) >= 11 is 0. The minimum absolute atomic E-state index is 0.0999. The SMILES string of the molecule is Cc1ccc(Nc2cccc(C(F)(F)F)c2C)cc1NC(=O)c1cnc2[nH]ccc2c1NCC(C)C. The van der Waals surface area contributed by atoms with Crippen molar-refractivity contribution in [2.24, 2.45) is 5.92 Å². The molecule has 0 fully saturated rings. The lowest BCUT2D eigenvalue weighted by Crippen LogP contribution is -2.18. The van der Waals surface area contributed by atoms with Gasteiger partial charge in [0.05, 0.1) is 16.8 Å². The molecule has 4 aromatic rings. The van der Waals surface area contributed by atoms with Crippen LogP contribution in [0.2, 0.25) is 0 Å². The Kier molecular flexibility index (Phi) is 6.92. The monoisotopic (exact) mass is 495 g/mol. The molecule has 2 heterocycles. The van der Waals surface area contributed by atoms with E-state index in [9.17, 15) is 18.0 Å². The quantitative estimate of drug-likeness (QED) is 0.217. The van der Waals surface area contributed by atoms with Gasteiger partial charge in [0, 0.05) is 41.4 Å². The number of alkyl halides is 3. The van der Waals surface area contributed by atoms with Gasteiger partial charge < -0.3 is 20.9 Å². The summed E-state index contributed by atoms with van der Waals surface area (Å²) < 4.78 is 39.9. The van der Waals surface area contributed by atoms with Gasteiger partial charge in [-0.1, -0.05) is 26.0 Å². The van der Waals surface area contributed by atoms with Crippen LogP contribution in [0.4, 0.5) is 35.9 Å². The Morgan fingerprint density at radius 1 is 1.08 bits per heavy atom. The molecule has 1 amide bonds. The number of rotatable bonds is 7. The Morgan fingerprint density at radius 2 is 1.86 bits per heavy atom. The largest absolute Gasteiger partial charge is 0.416 e. The zero-order chi connectivity index (χ0) is 26.0. The number of amides is 1. The van der Waals surface area contributed by atoms with Gasteiger partial charge in [-0.3, -0.25) is 4.79 Å². The Labute approximate surface area is 207 Å². The highest BCUT2D eigenvalue weighted by atomic mass is 19.4. The standard InChI is InChI=1S/C27H28F3N5O/c1-15(2)13-32-24-19-10-11-31-25(19)33-14-20(24)26(36)35-23-12-18(9-8-16(23)3)34-22-7-5-6-21(17(22)4)27(28,29)30/h5-12,14-15,34H,13H2,1-4H3,(H,35,36)(H2,31,32,33). The van der Waals surface area contributed by atoms with Crippen molar-refractivity contribution in [1.29, 1.82) is 0 Å². The molecule has 0 spiro atoms. The molecule has 0 aliphatic rings. The van der Waals surface area contributed by atoms with E-state index in [-0.39, 0.29) is 11.5 Å². The molecule has 9 heteroatoms. The predicted octanol–water partition coefficient (Wildman–Crippen LogP) is 7.26. The van der Waals surface area contributed by atoms with Crippen LogP contribution in [0.1, 0.15) is 40.9 Å². The van der Waals surface area contributed by atoms with Gasteiger partial charge >= 0.3 is 6.18 Å². The number of pyridine rings is 1. The lowest BCUT2D eigenvalue weighted by Gasteiger charge is -2.17. The van der Waals surface area contributed by atoms with Crippen LogP contribution in [0.15, 0.2) is 54.9 Å². The van der Waals surface area contributed by atoms with Gasteiger partial charge in [-0.05, 0) is 61.2 Å². The summed E-state index contributed by atoms with van der Waals surface area (Å²) in [5.74, 6) is 0.0275. The van der Waals surface area contributed by atoms with E-state index >= 15 is 0 Å². The van der Waals surface area contributed by atoms with Gasteiger partial charge in [-0.2, -0.15) is 13.2 Å². The number of halogens is 3. The predicted molar refractivity (Wildman–Crippen MR) is 138 cm³/mol. The topological polar surface area (TPSA) is 81.8 Å². The van der Waals surface area contributed by atoms with Crippen LogP contribution in [-0.4, -0.2) is 22.4 Å². The number of carbonyl (C=O) groups is 1. The second-order valence-corrected chi connectivity index (χ2v) is 9.15. The summed E-state index contributed by atoms with van der Waals surface area (Å²) in [5.41, 5.74) is 3.42. The van der Waals surface area contributed by atoms with E-state index in [0.29, 0.717) is 46.4 Å². The molecule has 2 aromatic heterocycles. The summed E-state index contributed by atoms with van der Waals surface area (Å²) in [7, 11) is 0. The molecule has 4 N–H and O–H groups in total. The Hall–Kier alpha value is -4.01. The first-order valence-corrected chi connectivity index (χ1v) is 11.6. The zero-order valence-corrected chi connectivity index (χ0v) is 20.5. The fourth-order valence-corrected chi connectivity index (χ4v) is 3.93. The summed E-state index contributed by atoms with van der Waals surface area (Å²) in [5, 5.41) is 10.2. The molecular weight excluding hydrogens is 467 g/mol. The van der Waals surface area contributed by atoms with Crippen LogP contribution < -0.4 is 16.0 Å². The summed E-state index contributed by atoms with van der Waals surface area (Å²) in [6.45, 7) is 8.12. The van der Waals surface area contributed by atoms with Gasteiger partial charge in [-0.25, -0.2) is 4.98 Å². The maximum atomic E-state index is 13.3. The maximum absolute atomic E-state index is 13.3. The molecule has 2 aromatic carbocycles. The van der Waals surface area contributed by atoms with E-state index in [1.165, 1.54) is 19.2 Å². The second-order valence-electron chi connectivity index (χ2n) is 9.15. The minimum atomic E-state index is -4.44. The number of fused-ring (bicyclic) bond motifs is 1. The molecule has 0 atom stereocenters.